The van der Waals surface area contributed by atoms with Crippen molar-refractivity contribution in [1.29, 1.82) is 0 Å². The van der Waals surface area contributed by atoms with Gasteiger partial charge in [0.25, 0.3) is 10.0 Å². The minimum absolute atomic E-state index is 0.175. The summed E-state index contributed by atoms with van der Waals surface area (Å²) < 4.78 is 27.9. The van der Waals surface area contributed by atoms with Crippen LogP contribution < -0.4 is 4.31 Å². The largest absolute Gasteiger partial charge is 0.341 e. The Morgan fingerprint density at radius 3 is 2.18 bits per heavy atom. The van der Waals surface area contributed by atoms with Gasteiger partial charge >= 0.3 is 0 Å². The third-order valence-corrected chi connectivity index (χ3v) is 7.24. The molecule has 150 valence electrons. The van der Waals surface area contributed by atoms with Crippen LogP contribution in [0.2, 0.25) is 0 Å². The van der Waals surface area contributed by atoms with Gasteiger partial charge in [0, 0.05) is 13.1 Å². The van der Waals surface area contributed by atoms with Gasteiger partial charge in [-0.25, -0.2) is 8.42 Å². The average Bonchev–Trinajstić information content (AvgIpc) is 2.72. The molecule has 0 radical (unpaired) electrons. The number of amides is 1. The molecule has 1 saturated carbocycles. The summed E-state index contributed by atoms with van der Waals surface area (Å²) in [6.07, 6.45) is 5.41. The van der Waals surface area contributed by atoms with Crippen molar-refractivity contribution in [2.75, 3.05) is 17.9 Å². The number of sulfonamides is 1. The zero-order chi connectivity index (χ0) is 20.1. The van der Waals surface area contributed by atoms with Gasteiger partial charge in [-0.15, -0.1) is 0 Å². The summed E-state index contributed by atoms with van der Waals surface area (Å²) in [6.45, 7) is 1.71. The fraction of sp³-hybridized carbons (Fsp3) is 0.409. The quantitative estimate of drug-likeness (QED) is 0.737. The summed E-state index contributed by atoms with van der Waals surface area (Å²) >= 11 is 0. The van der Waals surface area contributed by atoms with Gasteiger partial charge in [-0.1, -0.05) is 55.2 Å². The summed E-state index contributed by atoms with van der Waals surface area (Å²) in [5.74, 6) is -0.175. The van der Waals surface area contributed by atoms with Crippen molar-refractivity contribution in [3.8, 4) is 0 Å². The number of carbonyl (C=O) groups is 1. The lowest BCUT2D eigenvalue weighted by Gasteiger charge is -2.33. The third kappa shape index (κ3) is 4.55. The molecule has 1 aliphatic carbocycles. The number of carbonyl (C=O) groups excluding carboxylic acids is 1. The maximum absolute atomic E-state index is 13.3. The molecule has 2 aromatic carbocycles. The van der Waals surface area contributed by atoms with Gasteiger partial charge in [0.2, 0.25) is 5.91 Å². The molecule has 5 nitrogen and oxygen atoms in total. The van der Waals surface area contributed by atoms with Crippen molar-refractivity contribution in [2.45, 2.75) is 50.0 Å². The molecule has 1 aliphatic rings. The molecule has 0 unspecified atom stereocenters. The highest BCUT2D eigenvalue weighted by Crippen LogP contribution is 2.26. The smallest absolute Gasteiger partial charge is 0.264 e. The van der Waals surface area contributed by atoms with Crippen LogP contribution in [0.4, 0.5) is 5.69 Å². The van der Waals surface area contributed by atoms with E-state index in [4.69, 9.17) is 0 Å². The molecule has 0 atom stereocenters. The van der Waals surface area contributed by atoms with E-state index >= 15 is 0 Å². The molecule has 0 bridgehead atoms. The molecule has 3 rings (SSSR count). The Kier molecular flexibility index (Phi) is 6.39. The fourth-order valence-electron chi connectivity index (χ4n) is 3.65. The SMILES string of the molecule is Cc1ccc(S(=O)(=O)N(CC(=O)N(C)C2CCCCC2)c2ccccc2)cc1. The van der Waals surface area contributed by atoms with Crippen LogP contribution in [-0.4, -0.2) is 38.9 Å². The van der Waals surface area contributed by atoms with E-state index in [2.05, 4.69) is 0 Å². The molecule has 0 N–H and O–H groups in total. The van der Waals surface area contributed by atoms with Crippen LogP contribution in [0.1, 0.15) is 37.7 Å². The third-order valence-electron chi connectivity index (χ3n) is 5.45. The zero-order valence-corrected chi connectivity index (χ0v) is 17.4. The van der Waals surface area contributed by atoms with E-state index in [-0.39, 0.29) is 23.4 Å². The molecule has 0 aliphatic heterocycles. The van der Waals surface area contributed by atoms with Gasteiger partial charge < -0.3 is 4.90 Å². The summed E-state index contributed by atoms with van der Waals surface area (Å²) in [5.41, 5.74) is 1.48. The van der Waals surface area contributed by atoms with E-state index in [1.54, 1.807) is 60.5 Å². The Morgan fingerprint density at radius 1 is 0.964 bits per heavy atom. The van der Waals surface area contributed by atoms with Crippen LogP contribution in [0, 0.1) is 6.92 Å². The summed E-state index contributed by atoms with van der Waals surface area (Å²) in [4.78, 5) is 14.9. The standard InChI is InChI=1S/C22H28N2O3S/c1-18-13-15-21(16-14-18)28(26,27)24(20-11-7-4-8-12-20)17-22(25)23(2)19-9-5-3-6-10-19/h4,7-8,11-16,19H,3,5-6,9-10,17H2,1-2H3. The van der Waals surface area contributed by atoms with Crippen molar-refractivity contribution < 1.29 is 13.2 Å². The molecule has 0 saturated heterocycles. The Hall–Kier alpha value is -2.34. The Balaban J connectivity index is 1.89. The second-order valence-corrected chi connectivity index (χ2v) is 9.32. The average molecular weight is 401 g/mol. The lowest BCUT2D eigenvalue weighted by molar-refractivity contribution is -0.130. The van der Waals surface area contributed by atoms with Crippen molar-refractivity contribution in [3.05, 3.63) is 60.2 Å². The van der Waals surface area contributed by atoms with Gasteiger partial charge in [-0.05, 0) is 44.0 Å². The lowest BCUT2D eigenvalue weighted by Crippen LogP contribution is -2.45. The normalized spacial score (nSPS) is 15.2. The van der Waals surface area contributed by atoms with Crippen molar-refractivity contribution >= 4 is 21.6 Å². The monoisotopic (exact) mass is 400 g/mol. The number of hydrogen-bond acceptors (Lipinski definition) is 3. The fourth-order valence-corrected chi connectivity index (χ4v) is 5.07. The van der Waals surface area contributed by atoms with Crippen molar-refractivity contribution in [3.63, 3.8) is 0 Å². The summed E-state index contributed by atoms with van der Waals surface area (Å²) in [7, 11) is -2.05. The molecule has 0 aromatic heterocycles. The van der Waals surface area contributed by atoms with E-state index in [1.807, 2.05) is 13.0 Å². The molecule has 6 heteroatoms. The van der Waals surface area contributed by atoms with E-state index in [0.29, 0.717) is 5.69 Å². The molecule has 0 heterocycles. The van der Waals surface area contributed by atoms with Crippen LogP contribution in [0.15, 0.2) is 59.5 Å². The maximum Gasteiger partial charge on any atom is 0.264 e. The topological polar surface area (TPSA) is 57.7 Å². The predicted octanol–water partition coefficient (Wildman–Crippen LogP) is 3.98. The van der Waals surface area contributed by atoms with Crippen LogP contribution in [-0.2, 0) is 14.8 Å². The Labute approximate surface area is 168 Å². The number of hydrogen-bond donors (Lipinski definition) is 0. The molecular weight excluding hydrogens is 372 g/mol. The predicted molar refractivity (Wildman–Crippen MR) is 112 cm³/mol. The van der Waals surface area contributed by atoms with Gasteiger partial charge in [-0.3, -0.25) is 9.10 Å². The molecular formula is C22H28N2O3S. The van der Waals surface area contributed by atoms with Crippen LogP contribution in [0.5, 0.6) is 0 Å². The first kappa shape index (κ1) is 20.4. The zero-order valence-electron chi connectivity index (χ0n) is 16.5. The molecule has 1 amide bonds. The van der Waals surface area contributed by atoms with Gasteiger partial charge in [0.1, 0.15) is 6.54 Å². The van der Waals surface area contributed by atoms with Gasteiger partial charge in [0.05, 0.1) is 10.6 Å². The minimum Gasteiger partial charge on any atom is -0.341 e. The van der Waals surface area contributed by atoms with E-state index in [1.165, 1.54) is 10.7 Å². The molecule has 0 spiro atoms. The maximum atomic E-state index is 13.3. The summed E-state index contributed by atoms with van der Waals surface area (Å²) in [5, 5.41) is 0. The first-order valence-electron chi connectivity index (χ1n) is 9.80. The summed E-state index contributed by atoms with van der Waals surface area (Å²) in [6, 6.07) is 15.8. The first-order valence-corrected chi connectivity index (χ1v) is 11.2. The van der Waals surface area contributed by atoms with Crippen LogP contribution >= 0.6 is 0 Å². The second-order valence-electron chi connectivity index (χ2n) is 7.46. The highest BCUT2D eigenvalue weighted by molar-refractivity contribution is 7.92. The number of aryl methyl sites for hydroxylation is 1. The second kappa shape index (κ2) is 8.78. The number of benzene rings is 2. The number of nitrogens with zero attached hydrogens (tertiary/aromatic N) is 2. The number of rotatable bonds is 6. The van der Waals surface area contributed by atoms with E-state index in [0.717, 1.165) is 31.2 Å². The van der Waals surface area contributed by atoms with E-state index in [9.17, 15) is 13.2 Å². The van der Waals surface area contributed by atoms with Crippen molar-refractivity contribution in [2.24, 2.45) is 0 Å². The first-order chi connectivity index (χ1) is 13.4. The molecule has 2 aromatic rings. The number of para-hydroxylation sites is 1. The van der Waals surface area contributed by atoms with Gasteiger partial charge in [-0.2, -0.15) is 0 Å². The van der Waals surface area contributed by atoms with Gasteiger partial charge in [0.15, 0.2) is 0 Å². The molecule has 1 fully saturated rings. The highest BCUT2D eigenvalue weighted by Gasteiger charge is 2.30. The van der Waals surface area contributed by atoms with Crippen LogP contribution in [0.25, 0.3) is 0 Å². The molecule has 28 heavy (non-hydrogen) atoms. The van der Waals surface area contributed by atoms with Crippen molar-refractivity contribution in [1.82, 2.24) is 4.90 Å². The number of likely N-dealkylation sites (N-methyl/N-ethyl adjacent to an activating group) is 1. The Bertz CT molecular complexity index is 889. The van der Waals surface area contributed by atoms with E-state index < -0.39 is 10.0 Å². The minimum atomic E-state index is -3.84. The van der Waals surface area contributed by atoms with Crippen LogP contribution in [0.3, 0.4) is 0 Å². The Morgan fingerprint density at radius 2 is 1.57 bits per heavy atom. The number of anilines is 1. The lowest BCUT2D eigenvalue weighted by atomic mass is 9.94. The highest BCUT2D eigenvalue weighted by atomic mass is 32.2.